The molecule has 1 aromatic rings. The Kier molecular flexibility index (Phi) is 9.17. The topological polar surface area (TPSA) is 85.0 Å². The van der Waals surface area contributed by atoms with E-state index in [-0.39, 0.29) is 24.3 Å². The van der Waals surface area contributed by atoms with E-state index in [1.54, 1.807) is 22.9 Å². The van der Waals surface area contributed by atoms with Gasteiger partial charge < -0.3 is 20.4 Å². The molecule has 4 amide bonds. The van der Waals surface area contributed by atoms with Gasteiger partial charge in [-0.05, 0) is 5.56 Å². The predicted octanol–water partition coefficient (Wildman–Crippen LogP) is 0.665. The third-order valence-electron chi connectivity index (χ3n) is 4.76. The number of urea groups is 1. The van der Waals surface area contributed by atoms with E-state index in [2.05, 4.69) is 17.2 Å². The fourth-order valence-corrected chi connectivity index (χ4v) is 3.10. The van der Waals surface area contributed by atoms with Gasteiger partial charge >= 0.3 is 6.03 Å². The summed E-state index contributed by atoms with van der Waals surface area (Å²) in [5.74, 6) is -0.0150. The molecule has 1 aromatic carbocycles. The summed E-state index contributed by atoms with van der Waals surface area (Å²) in [5.41, 5.74) is 1.05. The van der Waals surface area contributed by atoms with Crippen LogP contribution in [0.25, 0.3) is 0 Å². The Morgan fingerprint density at radius 1 is 1.10 bits per heavy atom. The van der Waals surface area contributed by atoms with Crippen LogP contribution in [0.4, 0.5) is 4.79 Å². The van der Waals surface area contributed by atoms with Crippen LogP contribution in [0, 0.1) is 0 Å². The number of amides is 4. The zero-order valence-electron chi connectivity index (χ0n) is 17.1. The molecule has 1 saturated heterocycles. The summed E-state index contributed by atoms with van der Waals surface area (Å²) in [4.78, 5) is 41.7. The van der Waals surface area contributed by atoms with E-state index in [1.807, 2.05) is 35.2 Å². The Bertz CT molecular complexity index is 687. The molecule has 0 aliphatic carbocycles. The second-order valence-corrected chi connectivity index (χ2v) is 7.07. The molecule has 1 heterocycles. The van der Waals surface area contributed by atoms with Gasteiger partial charge in [-0.25, -0.2) is 4.79 Å². The van der Waals surface area contributed by atoms with E-state index in [1.165, 1.54) is 0 Å². The molecule has 2 N–H and O–H groups in total. The molecule has 0 radical (unpaired) electrons. The summed E-state index contributed by atoms with van der Waals surface area (Å²) < 4.78 is 0. The van der Waals surface area contributed by atoms with Crippen molar-refractivity contribution in [3.63, 3.8) is 0 Å². The fourth-order valence-electron chi connectivity index (χ4n) is 3.10. The first-order chi connectivity index (χ1) is 14.0. The minimum Gasteiger partial charge on any atom is -0.352 e. The molecule has 8 nitrogen and oxygen atoms in total. The summed E-state index contributed by atoms with van der Waals surface area (Å²) >= 11 is 0. The highest BCUT2D eigenvalue weighted by Gasteiger charge is 2.22. The molecule has 1 aliphatic rings. The molecule has 2 rings (SSSR count). The van der Waals surface area contributed by atoms with Gasteiger partial charge in [-0.2, -0.15) is 0 Å². The van der Waals surface area contributed by atoms with Gasteiger partial charge in [-0.1, -0.05) is 36.4 Å². The Morgan fingerprint density at radius 3 is 2.45 bits per heavy atom. The number of carbonyl (C=O) groups excluding carboxylic acids is 3. The number of piperazine rings is 1. The number of nitrogens with one attached hydrogen (secondary N) is 2. The van der Waals surface area contributed by atoms with Crippen molar-refractivity contribution in [2.24, 2.45) is 0 Å². The van der Waals surface area contributed by atoms with Gasteiger partial charge in [0, 0.05) is 59.3 Å². The highest BCUT2D eigenvalue weighted by Crippen LogP contribution is 2.05. The van der Waals surface area contributed by atoms with Crippen LogP contribution in [0.2, 0.25) is 0 Å². The van der Waals surface area contributed by atoms with Gasteiger partial charge in [0.1, 0.15) is 0 Å². The second-order valence-electron chi connectivity index (χ2n) is 7.07. The normalized spacial score (nSPS) is 14.2. The van der Waals surface area contributed by atoms with Crippen molar-refractivity contribution in [3.05, 3.63) is 48.6 Å². The molecule has 0 aromatic heterocycles. The van der Waals surface area contributed by atoms with Crippen LogP contribution >= 0.6 is 0 Å². The Morgan fingerprint density at radius 2 is 1.79 bits per heavy atom. The van der Waals surface area contributed by atoms with Crippen molar-refractivity contribution in [1.82, 2.24) is 25.3 Å². The van der Waals surface area contributed by atoms with Crippen molar-refractivity contribution in [2.45, 2.75) is 13.0 Å². The quantitative estimate of drug-likeness (QED) is 0.596. The van der Waals surface area contributed by atoms with Crippen molar-refractivity contribution >= 4 is 17.8 Å². The SMILES string of the molecule is C=CCNC(=O)CN1CCN(C(=O)CCNC(=O)N(C)Cc2ccccc2)CC1. The van der Waals surface area contributed by atoms with Gasteiger partial charge in [0.2, 0.25) is 11.8 Å². The van der Waals surface area contributed by atoms with E-state index in [4.69, 9.17) is 0 Å². The molecule has 158 valence electrons. The second kappa shape index (κ2) is 11.9. The molecule has 29 heavy (non-hydrogen) atoms. The maximum atomic E-state index is 12.4. The molecule has 0 spiro atoms. The van der Waals surface area contributed by atoms with E-state index in [0.29, 0.717) is 52.4 Å². The fraction of sp³-hybridized carbons (Fsp3) is 0.476. The van der Waals surface area contributed by atoms with E-state index >= 15 is 0 Å². The number of nitrogens with zero attached hydrogens (tertiary/aromatic N) is 3. The highest BCUT2D eigenvalue weighted by atomic mass is 16.2. The van der Waals surface area contributed by atoms with Gasteiger partial charge in [0.25, 0.3) is 0 Å². The number of hydrogen-bond donors (Lipinski definition) is 2. The van der Waals surface area contributed by atoms with Crippen LogP contribution in [0.3, 0.4) is 0 Å². The van der Waals surface area contributed by atoms with Gasteiger partial charge in [-0.15, -0.1) is 6.58 Å². The minimum absolute atomic E-state index is 0.0202. The summed E-state index contributed by atoms with van der Waals surface area (Å²) in [6.45, 7) is 7.71. The monoisotopic (exact) mass is 401 g/mol. The first-order valence-corrected chi connectivity index (χ1v) is 9.90. The first kappa shape index (κ1) is 22.4. The van der Waals surface area contributed by atoms with Gasteiger partial charge in [-0.3, -0.25) is 14.5 Å². The lowest BCUT2D eigenvalue weighted by atomic mass is 10.2. The maximum Gasteiger partial charge on any atom is 0.317 e. The van der Waals surface area contributed by atoms with E-state index < -0.39 is 0 Å². The van der Waals surface area contributed by atoms with Crippen LogP contribution in [-0.4, -0.2) is 85.4 Å². The van der Waals surface area contributed by atoms with Crippen LogP contribution in [0.1, 0.15) is 12.0 Å². The summed E-state index contributed by atoms with van der Waals surface area (Å²) in [7, 11) is 1.73. The number of benzene rings is 1. The van der Waals surface area contributed by atoms with E-state index in [0.717, 1.165) is 5.56 Å². The highest BCUT2D eigenvalue weighted by molar-refractivity contribution is 5.79. The standard InChI is InChI=1S/C21H31N5O3/c1-3-10-22-19(27)17-25-12-14-26(15-13-25)20(28)9-11-23-21(29)24(2)16-18-7-5-4-6-8-18/h3-8H,1,9-17H2,2H3,(H,22,27)(H,23,29). The molecular weight excluding hydrogens is 370 g/mol. The smallest absolute Gasteiger partial charge is 0.317 e. The third-order valence-corrected chi connectivity index (χ3v) is 4.76. The largest absolute Gasteiger partial charge is 0.352 e. The average Bonchev–Trinajstić information content (AvgIpc) is 2.73. The lowest BCUT2D eigenvalue weighted by Gasteiger charge is -2.34. The molecule has 0 atom stereocenters. The summed E-state index contributed by atoms with van der Waals surface area (Å²) in [6.07, 6.45) is 1.91. The molecule has 1 aliphatic heterocycles. The van der Waals surface area contributed by atoms with Crippen LogP contribution in [-0.2, 0) is 16.1 Å². The maximum absolute atomic E-state index is 12.4. The summed E-state index contributed by atoms with van der Waals surface area (Å²) in [6, 6.07) is 9.55. The Labute approximate surface area is 172 Å². The van der Waals surface area contributed by atoms with Crippen molar-refractivity contribution in [2.75, 3.05) is 52.9 Å². The Balaban J connectivity index is 1.62. The number of rotatable bonds is 9. The lowest BCUT2D eigenvalue weighted by molar-refractivity contribution is -0.133. The third kappa shape index (κ3) is 7.95. The van der Waals surface area contributed by atoms with Crippen molar-refractivity contribution in [1.29, 1.82) is 0 Å². The Hall–Kier alpha value is -2.87. The van der Waals surface area contributed by atoms with Gasteiger partial charge in [0.05, 0.1) is 6.54 Å². The molecule has 0 saturated carbocycles. The van der Waals surface area contributed by atoms with Crippen molar-refractivity contribution in [3.8, 4) is 0 Å². The molecular formula is C21H31N5O3. The zero-order valence-corrected chi connectivity index (χ0v) is 17.1. The number of hydrogen-bond acceptors (Lipinski definition) is 4. The molecule has 8 heteroatoms. The predicted molar refractivity (Wildman–Crippen MR) is 112 cm³/mol. The minimum atomic E-state index is -0.197. The van der Waals surface area contributed by atoms with E-state index in [9.17, 15) is 14.4 Å². The number of carbonyl (C=O) groups is 3. The molecule has 1 fully saturated rings. The van der Waals surface area contributed by atoms with Crippen molar-refractivity contribution < 1.29 is 14.4 Å². The zero-order chi connectivity index (χ0) is 21.1. The van der Waals surface area contributed by atoms with Crippen LogP contribution in [0.5, 0.6) is 0 Å². The average molecular weight is 402 g/mol. The van der Waals surface area contributed by atoms with Crippen LogP contribution < -0.4 is 10.6 Å². The van der Waals surface area contributed by atoms with Gasteiger partial charge in [0.15, 0.2) is 0 Å². The molecule has 0 unspecified atom stereocenters. The van der Waals surface area contributed by atoms with Crippen LogP contribution in [0.15, 0.2) is 43.0 Å². The molecule has 0 bridgehead atoms. The lowest BCUT2D eigenvalue weighted by Crippen LogP contribution is -2.51. The first-order valence-electron chi connectivity index (χ1n) is 9.90. The summed E-state index contributed by atoms with van der Waals surface area (Å²) in [5, 5.41) is 5.55.